The molecule has 1 aliphatic rings. The molecular formula is C17H27FN2O. The fourth-order valence-corrected chi connectivity index (χ4v) is 3.45. The Morgan fingerprint density at radius 2 is 2.19 bits per heavy atom. The quantitative estimate of drug-likeness (QED) is 0.893. The first-order chi connectivity index (χ1) is 9.91. The highest BCUT2D eigenvalue weighted by Gasteiger charge is 2.33. The van der Waals surface area contributed by atoms with E-state index in [9.17, 15) is 4.39 Å². The summed E-state index contributed by atoms with van der Waals surface area (Å²) in [6, 6.07) is 1.71. The normalized spacial score (nSPS) is 24.8. The molecule has 2 atom stereocenters. The van der Waals surface area contributed by atoms with Gasteiger partial charge in [0.15, 0.2) is 5.82 Å². The minimum atomic E-state index is -0.325. The molecule has 1 aromatic rings. The van der Waals surface area contributed by atoms with Crippen LogP contribution in [0.15, 0.2) is 12.3 Å². The number of nitrogens with zero attached hydrogens (tertiary/aromatic N) is 1. The molecule has 1 aromatic heterocycles. The van der Waals surface area contributed by atoms with Crippen molar-refractivity contribution in [3.05, 3.63) is 23.6 Å². The summed E-state index contributed by atoms with van der Waals surface area (Å²) >= 11 is 0. The van der Waals surface area contributed by atoms with Crippen molar-refractivity contribution in [1.82, 2.24) is 10.3 Å². The van der Waals surface area contributed by atoms with Crippen molar-refractivity contribution < 1.29 is 9.13 Å². The topological polar surface area (TPSA) is 34.2 Å². The zero-order valence-electron chi connectivity index (χ0n) is 13.6. The van der Waals surface area contributed by atoms with Crippen LogP contribution in [0.1, 0.15) is 52.5 Å². The Morgan fingerprint density at radius 1 is 1.43 bits per heavy atom. The number of nitrogens with one attached hydrogen (secondary N) is 1. The predicted octanol–water partition coefficient (Wildman–Crippen LogP) is 3.92. The second kappa shape index (κ2) is 6.73. The van der Waals surface area contributed by atoms with Crippen LogP contribution in [0.5, 0.6) is 5.88 Å². The molecule has 2 rings (SSSR count). The smallest absolute Gasteiger partial charge is 0.250 e. The van der Waals surface area contributed by atoms with Gasteiger partial charge in [0.25, 0.3) is 5.88 Å². The van der Waals surface area contributed by atoms with Gasteiger partial charge in [-0.15, -0.1) is 0 Å². The minimum absolute atomic E-state index is 0.0557. The number of rotatable bonds is 5. The summed E-state index contributed by atoms with van der Waals surface area (Å²) in [6.45, 7) is 10.1. The fourth-order valence-electron chi connectivity index (χ4n) is 3.45. The summed E-state index contributed by atoms with van der Waals surface area (Å²) in [6.07, 6.45) is 4.81. The van der Waals surface area contributed by atoms with E-state index >= 15 is 0 Å². The lowest BCUT2D eigenvalue weighted by atomic mass is 9.71. The number of pyridine rings is 1. The van der Waals surface area contributed by atoms with Crippen LogP contribution in [0, 0.1) is 17.2 Å². The monoisotopic (exact) mass is 294 g/mol. The molecular weight excluding hydrogens is 267 g/mol. The van der Waals surface area contributed by atoms with Crippen molar-refractivity contribution in [3.63, 3.8) is 0 Å². The van der Waals surface area contributed by atoms with E-state index < -0.39 is 0 Å². The van der Waals surface area contributed by atoms with E-state index in [1.165, 1.54) is 6.42 Å². The zero-order valence-corrected chi connectivity index (χ0v) is 13.6. The summed E-state index contributed by atoms with van der Waals surface area (Å²) in [4.78, 5) is 4.09. The van der Waals surface area contributed by atoms with E-state index in [1.54, 1.807) is 12.3 Å². The molecule has 118 valence electrons. The summed E-state index contributed by atoms with van der Waals surface area (Å²) in [5.74, 6) is 0.432. The maximum absolute atomic E-state index is 14.4. The van der Waals surface area contributed by atoms with Gasteiger partial charge in [-0.3, -0.25) is 0 Å². The van der Waals surface area contributed by atoms with E-state index in [4.69, 9.17) is 4.74 Å². The molecule has 1 heterocycles. The molecule has 2 unspecified atom stereocenters. The molecule has 1 saturated carbocycles. The van der Waals surface area contributed by atoms with Crippen molar-refractivity contribution in [2.75, 3.05) is 6.54 Å². The van der Waals surface area contributed by atoms with Gasteiger partial charge in [0.1, 0.15) is 6.10 Å². The van der Waals surface area contributed by atoms with Gasteiger partial charge in [-0.1, -0.05) is 27.7 Å². The van der Waals surface area contributed by atoms with Crippen LogP contribution < -0.4 is 10.1 Å². The van der Waals surface area contributed by atoms with Gasteiger partial charge < -0.3 is 10.1 Å². The average molecular weight is 294 g/mol. The Morgan fingerprint density at radius 3 is 2.86 bits per heavy atom. The molecule has 0 spiro atoms. The zero-order chi connectivity index (χ0) is 15.5. The number of halogens is 1. The molecule has 0 saturated heterocycles. The Labute approximate surface area is 127 Å². The molecule has 1 N–H and O–H groups in total. The van der Waals surface area contributed by atoms with Gasteiger partial charge >= 0.3 is 0 Å². The molecule has 0 radical (unpaired) electrons. The summed E-state index contributed by atoms with van der Waals surface area (Å²) < 4.78 is 20.3. The van der Waals surface area contributed by atoms with Crippen molar-refractivity contribution in [2.45, 2.75) is 59.6 Å². The number of aromatic nitrogens is 1. The van der Waals surface area contributed by atoms with E-state index in [0.29, 0.717) is 18.0 Å². The summed E-state index contributed by atoms with van der Waals surface area (Å²) in [5, 5.41) is 3.13. The van der Waals surface area contributed by atoms with Gasteiger partial charge in [0.05, 0.1) is 0 Å². The van der Waals surface area contributed by atoms with Crippen LogP contribution in [0.2, 0.25) is 0 Å². The van der Waals surface area contributed by atoms with E-state index in [1.807, 2.05) is 6.92 Å². The fraction of sp³-hybridized carbons (Fsp3) is 0.706. The van der Waals surface area contributed by atoms with Crippen LogP contribution in [-0.4, -0.2) is 17.6 Å². The van der Waals surface area contributed by atoms with Gasteiger partial charge in [-0.2, -0.15) is 0 Å². The SMILES string of the molecule is CCNCc1ccnc(OC2CC(C)CC(C)(C)C2)c1F. The van der Waals surface area contributed by atoms with Gasteiger partial charge in [-0.25, -0.2) is 9.37 Å². The van der Waals surface area contributed by atoms with Crippen LogP contribution in [-0.2, 0) is 6.54 Å². The summed E-state index contributed by atoms with van der Waals surface area (Å²) in [7, 11) is 0. The second-order valence-corrected chi connectivity index (χ2v) is 7.02. The third kappa shape index (κ3) is 4.40. The highest BCUT2D eigenvalue weighted by atomic mass is 19.1. The number of ether oxygens (including phenoxy) is 1. The average Bonchev–Trinajstić information content (AvgIpc) is 2.37. The second-order valence-electron chi connectivity index (χ2n) is 7.02. The highest BCUT2D eigenvalue weighted by molar-refractivity contribution is 5.23. The maximum atomic E-state index is 14.4. The molecule has 0 aliphatic heterocycles. The molecule has 0 aromatic carbocycles. The van der Waals surface area contributed by atoms with Crippen molar-refractivity contribution in [1.29, 1.82) is 0 Å². The Hall–Kier alpha value is -1.16. The molecule has 3 nitrogen and oxygen atoms in total. The van der Waals surface area contributed by atoms with E-state index in [-0.39, 0.29) is 23.2 Å². The van der Waals surface area contributed by atoms with E-state index in [0.717, 1.165) is 19.4 Å². The lowest BCUT2D eigenvalue weighted by Gasteiger charge is -2.38. The first kappa shape index (κ1) is 16.2. The molecule has 4 heteroatoms. The lowest BCUT2D eigenvalue weighted by Crippen LogP contribution is -2.34. The minimum Gasteiger partial charge on any atom is -0.472 e. The molecule has 21 heavy (non-hydrogen) atoms. The van der Waals surface area contributed by atoms with Crippen LogP contribution in [0.3, 0.4) is 0 Å². The predicted molar refractivity (Wildman–Crippen MR) is 82.8 cm³/mol. The van der Waals surface area contributed by atoms with Gasteiger partial charge in [0.2, 0.25) is 0 Å². The van der Waals surface area contributed by atoms with Gasteiger partial charge in [0, 0.05) is 18.3 Å². The number of hydrogen-bond acceptors (Lipinski definition) is 3. The third-order valence-electron chi connectivity index (χ3n) is 4.13. The summed E-state index contributed by atoms with van der Waals surface area (Å²) in [5.41, 5.74) is 0.866. The van der Waals surface area contributed by atoms with E-state index in [2.05, 4.69) is 31.1 Å². The van der Waals surface area contributed by atoms with Crippen molar-refractivity contribution in [2.24, 2.45) is 11.3 Å². The molecule has 1 fully saturated rings. The van der Waals surface area contributed by atoms with Crippen molar-refractivity contribution >= 4 is 0 Å². The third-order valence-corrected chi connectivity index (χ3v) is 4.13. The standard InChI is InChI=1S/C17H27FN2O/c1-5-19-11-13-6-7-20-16(15(13)18)21-14-8-12(2)9-17(3,4)10-14/h6-7,12,14,19H,5,8-11H2,1-4H3. The lowest BCUT2D eigenvalue weighted by molar-refractivity contribution is 0.0502. The molecule has 0 bridgehead atoms. The largest absolute Gasteiger partial charge is 0.472 e. The maximum Gasteiger partial charge on any atom is 0.250 e. The molecule has 1 aliphatic carbocycles. The Kier molecular flexibility index (Phi) is 5.20. The Bertz CT molecular complexity index is 476. The number of hydrogen-bond donors (Lipinski definition) is 1. The first-order valence-corrected chi connectivity index (χ1v) is 7.92. The first-order valence-electron chi connectivity index (χ1n) is 7.92. The Balaban J connectivity index is 2.08. The van der Waals surface area contributed by atoms with Crippen LogP contribution in [0.4, 0.5) is 4.39 Å². The van der Waals surface area contributed by atoms with Crippen molar-refractivity contribution in [3.8, 4) is 5.88 Å². The van der Waals surface area contributed by atoms with Gasteiger partial charge in [-0.05, 0) is 43.2 Å². The molecule has 0 amide bonds. The van der Waals surface area contributed by atoms with Crippen LogP contribution >= 0.6 is 0 Å². The van der Waals surface area contributed by atoms with Crippen LogP contribution in [0.25, 0.3) is 0 Å². The highest BCUT2D eigenvalue weighted by Crippen LogP contribution is 2.40.